The molecule has 114 valence electrons. The van der Waals surface area contributed by atoms with E-state index in [9.17, 15) is 9.90 Å². The van der Waals surface area contributed by atoms with E-state index in [1.165, 1.54) is 0 Å². The molecular weight excluding hydrogens is 268 g/mol. The Bertz CT molecular complexity index is 591. The van der Waals surface area contributed by atoms with Crippen molar-refractivity contribution in [3.63, 3.8) is 0 Å². The highest BCUT2D eigenvalue weighted by Crippen LogP contribution is 2.21. The number of aliphatic hydroxyl groups excluding tert-OH is 1. The molecule has 21 heavy (non-hydrogen) atoms. The molecule has 2 rings (SSSR count). The number of aliphatic hydroxyl groups is 1. The SMILES string of the molecule is CC.CCOC(=O)c1cc(-c2cccn2C)cc(CO)n1. The van der Waals surface area contributed by atoms with E-state index in [-0.39, 0.29) is 12.3 Å². The molecule has 2 aromatic heterocycles. The van der Waals surface area contributed by atoms with E-state index in [0.29, 0.717) is 12.3 Å². The fourth-order valence-corrected chi connectivity index (χ4v) is 1.89. The Morgan fingerprint density at radius 2 is 2.10 bits per heavy atom. The van der Waals surface area contributed by atoms with E-state index in [1.807, 2.05) is 43.8 Å². The molecule has 0 fully saturated rings. The van der Waals surface area contributed by atoms with E-state index >= 15 is 0 Å². The summed E-state index contributed by atoms with van der Waals surface area (Å²) in [7, 11) is 1.92. The van der Waals surface area contributed by atoms with Crippen LogP contribution in [0.25, 0.3) is 11.3 Å². The minimum Gasteiger partial charge on any atom is -0.461 e. The van der Waals surface area contributed by atoms with Gasteiger partial charge < -0.3 is 14.4 Å². The van der Waals surface area contributed by atoms with Crippen molar-refractivity contribution in [2.75, 3.05) is 6.61 Å². The van der Waals surface area contributed by atoms with Gasteiger partial charge in [0.25, 0.3) is 0 Å². The second-order valence-electron chi connectivity index (χ2n) is 4.12. The van der Waals surface area contributed by atoms with Crippen LogP contribution in [-0.4, -0.2) is 27.2 Å². The van der Waals surface area contributed by atoms with Crippen LogP contribution in [-0.2, 0) is 18.4 Å². The normalized spacial score (nSPS) is 9.76. The van der Waals surface area contributed by atoms with Crippen LogP contribution in [0.15, 0.2) is 30.5 Å². The van der Waals surface area contributed by atoms with Crippen molar-refractivity contribution in [2.24, 2.45) is 7.05 Å². The number of carbonyl (C=O) groups is 1. The number of rotatable bonds is 4. The molecule has 2 heterocycles. The van der Waals surface area contributed by atoms with Crippen LogP contribution < -0.4 is 0 Å². The molecule has 0 saturated carbocycles. The second kappa shape index (κ2) is 8.21. The Hall–Kier alpha value is -2.14. The lowest BCUT2D eigenvalue weighted by Crippen LogP contribution is -2.09. The molecule has 0 amide bonds. The molecule has 0 aromatic carbocycles. The van der Waals surface area contributed by atoms with Gasteiger partial charge in [0.15, 0.2) is 0 Å². The van der Waals surface area contributed by atoms with Crippen molar-refractivity contribution in [1.29, 1.82) is 0 Å². The summed E-state index contributed by atoms with van der Waals surface area (Å²) >= 11 is 0. The van der Waals surface area contributed by atoms with E-state index < -0.39 is 5.97 Å². The Morgan fingerprint density at radius 3 is 2.62 bits per heavy atom. The number of nitrogens with zero attached hydrogens (tertiary/aromatic N) is 2. The molecule has 0 aliphatic heterocycles. The van der Waals surface area contributed by atoms with Crippen molar-refractivity contribution in [3.8, 4) is 11.3 Å². The predicted octanol–water partition coefficient (Wildman–Crippen LogP) is 2.78. The lowest BCUT2D eigenvalue weighted by molar-refractivity contribution is 0.0519. The van der Waals surface area contributed by atoms with Gasteiger partial charge in [0, 0.05) is 24.5 Å². The van der Waals surface area contributed by atoms with Gasteiger partial charge in [-0.05, 0) is 31.2 Å². The van der Waals surface area contributed by atoms with Crippen molar-refractivity contribution >= 4 is 5.97 Å². The molecular formula is C16H22N2O3. The summed E-state index contributed by atoms with van der Waals surface area (Å²) in [5.74, 6) is -0.478. The summed E-state index contributed by atoms with van der Waals surface area (Å²) in [4.78, 5) is 15.8. The van der Waals surface area contributed by atoms with Crippen molar-refractivity contribution in [1.82, 2.24) is 9.55 Å². The molecule has 1 N–H and O–H groups in total. The number of pyridine rings is 1. The fourth-order valence-electron chi connectivity index (χ4n) is 1.89. The number of esters is 1. The third-order valence-electron chi connectivity index (χ3n) is 2.76. The smallest absolute Gasteiger partial charge is 0.356 e. The zero-order valence-electron chi connectivity index (χ0n) is 13.0. The number of ether oxygens (including phenoxy) is 1. The first-order valence-electron chi connectivity index (χ1n) is 7.06. The second-order valence-corrected chi connectivity index (χ2v) is 4.12. The maximum atomic E-state index is 11.7. The molecule has 0 bridgehead atoms. The quantitative estimate of drug-likeness (QED) is 0.879. The number of carbonyl (C=O) groups excluding carboxylic acids is 1. The van der Waals surface area contributed by atoms with E-state index in [0.717, 1.165) is 11.3 Å². The maximum absolute atomic E-state index is 11.7. The first-order chi connectivity index (χ1) is 10.2. The van der Waals surface area contributed by atoms with Crippen LogP contribution in [0.4, 0.5) is 0 Å². The third kappa shape index (κ3) is 4.16. The molecule has 0 saturated heterocycles. The van der Waals surface area contributed by atoms with Crippen molar-refractivity contribution in [2.45, 2.75) is 27.4 Å². The molecule has 0 radical (unpaired) electrons. The largest absolute Gasteiger partial charge is 0.461 e. The first kappa shape index (κ1) is 16.9. The van der Waals surface area contributed by atoms with Gasteiger partial charge in [0.05, 0.1) is 18.9 Å². The highest BCUT2D eigenvalue weighted by atomic mass is 16.5. The Kier molecular flexibility index (Phi) is 6.62. The summed E-state index contributed by atoms with van der Waals surface area (Å²) in [6.45, 7) is 5.82. The first-order valence-corrected chi connectivity index (χ1v) is 7.06. The summed E-state index contributed by atoms with van der Waals surface area (Å²) < 4.78 is 6.88. The van der Waals surface area contributed by atoms with Crippen LogP contribution in [0.1, 0.15) is 37.0 Å². The Balaban J connectivity index is 0.00000106. The molecule has 0 aliphatic rings. The molecule has 2 aromatic rings. The van der Waals surface area contributed by atoms with Crippen molar-refractivity contribution in [3.05, 3.63) is 41.9 Å². The van der Waals surface area contributed by atoms with E-state index in [2.05, 4.69) is 4.98 Å². The standard InChI is InChI=1S/C14H16N2O3.C2H6/c1-3-19-14(18)12-8-10(7-11(9-17)15-12)13-5-4-6-16(13)2;1-2/h4-8,17H,3,9H2,1-2H3;1-2H3. The van der Waals surface area contributed by atoms with Crippen molar-refractivity contribution < 1.29 is 14.6 Å². The third-order valence-corrected chi connectivity index (χ3v) is 2.76. The topological polar surface area (TPSA) is 64.3 Å². The zero-order valence-corrected chi connectivity index (χ0v) is 13.0. The summed E-state index contributed by atoms with van der Waals surface area (Å²) in [5.41, 5.74) is 2.43. The number of aryl methyl sites for hydroxylation is 1. The molecule has 0 atom stereocenters. The molecule has 5 nitrogen and oxygen atoms in total. The van der Waals surface area contributed by atoms with Gasteiger partial charge in [-0.3, -0.25) is 0 Å². The molecule has 0 unspecified atom stereocenters. The Morgan fingerprint density at radius 1 is 1.38 bits per heavy atom. The van der Waals surface area contributed by atoms with Crippen LogP contribution in [0.5, 0.6) is 0 Å². The maximum Gasteiger partial charge on any atom is 0.356 e. The minimum absolute atomic E-state index is 0.213. The fraction of sp³-hybridized carbons (Fsp3) is 0.375. The van der Waals surface area contributed by atoms with Gasteiger partial charge >= 0.3 is 5.97 Å². The van der Waals surface area contributed by atoms with Gasteiger partial charge in [-0.25, -0.2) is 9.78 Å². The monoisotopic (exact) mass is 290 g/mol. The van der Waals surface area contributed by atoms with E-state index in [4.69, 9.17) is 4.74 Å². The predicted molar refractivity (Wildman–Crippen MR) is 81.9 cm³/mol. The lowest BCUT2D eigenvalue weighted by Gasteiger charge is -2.08. The zero-order chi connectivity index (χ0) is 15.8. The van der Waals surface area contributed by atoms with Crippen LogP contribution in [0, 0.1) is 0 Å². The van der Waals surface area contributed by atoms with Gasteiger partial charge in [-0.1, -0.05) is 13.8 Å². The Labute approximate surface area is 125 Å². The van der Waals surface area contributed by atoms with Crippen LogP contribution in [0.2, 0.25) is 0 Å². The summed E-state index contributed by atoms with van der Waals surface area (Å²) in [5, 5.41) is 9.24. The number of hydrogen-bond donors (Lipinski definition) is 1. The lowest BCUT2D eigenvalue weighted by atomic mass is 10.1. The molecule has 0 aliphatic carbocycles. The number of hydrogen-bond acceptors (Lipinski definition) is 4. The minimum atomic E-state index is -0.478. The molecule has 0 spiro atoms. The van der Waals surface area contributed by atoms with Gasteiger partial charge in [0.1, 0.15) is 5.69 Å². The highest BCUT2D eigenvalue weighted by molar-refractivity contribution is 5.88. The van der Waals surface area contributed by atoms with Gasteiger partial charge in [-0.2, -0.15) is 0 Å². The summed E-state index contributed by atoms with van der Waals surface area (Å²) in [6, 6.07) is 7.29. The van der Waals surface area contributed by atoms with Crippen LogP contribution in [0.3, 0.4) is 0 Å². The molecule has 5 heteroatoms. The van der Waals surface area contributed by atoms with Gasteiger partial charge in [-0.15, -0.1) is 0 Å². The van der Waals surface area contributed by atoms with Crippen LogP contribution >= 0.6 is 0 Å². The highest BCUT2D eigenvalue weighted by Gasteiger charge is 2.13. The summed E-state index contributed by atoms with van der Waals surface area (Å²) in [6.07, 6.45) is 1.92. The average molecular weight is 290 g/mol. The number of aromatic nitrogens is 2. The van der Waals surface area contributed by atoms with Gasteiger partial charge in [0.2, 0.25) is 0 Å². The average Bonchev–Trinajstić information content (AvgIpc) is 2.95. The van der Waals surface area contributed by atoms with E-state index in [1.54, 1.807) is 19.1 Å².